The van der Waals surface area contributed by atoms with Crippen LogP contribution in [0.25, 0.3) is 6.08 Å². The summed E-state index contributed by atoms with van der Waals surface area (Å²) in [7, 11) is -16.1. The van der Waals surface area contributed by atoms with Gasteiger partial charge in [0.2, 0.25) is 11.6 Å². The number of hydrogen-bond acceptors (Lipinski definition) is 23. The summed E-state index contributed by atoms with van der Waals surface area (Å²) in [5.74, 6) is -3.09. The van der Waals surface area contributed by atoms with Gasteiger partial charge in [0.15, 0.2) is 0 Å². The van der Waals surface area contributed by atoms with Crippen LogP contribution < -0.4 is 105 Å². The molecule has 6 rings (SSSR count). The average Bonchev–Trinajstić information content (AvgIpc) is 3.19. The fourth-order valence-electron chi connectivity index (χ4n) is 5.43. The van der Waals surface area contributed by atoms with E-state index in [4.69, 9.17) is 11.6 Å². The smallest absolute Gasteiger partial charge is 0.744 e. The number of carbonyl (C=O) groups is 2. The molecule has 0 fully saturated rings. The number of fused-ring (bicyclic) bond motifs is 1. The Labute approximate surface area is 442 Å². The summed E-state index contributed by atoms with van der Waals surface area (Å²) >= 11 is 6.04. The maximum absolute atomic E-state index is 13.9. The molecule has 2 aliphatic rings. The Morgan fingerprint density at radius 2 is 1.24 bits per heavy atom. The van der Waals surface area contributed by atoms with Gasteiger partial charge in [-0.1, -0.05) is 11.6 Å². The molecule has 0 radical (unpaired) electrons. The Kier molecular flexibility index (Phi) is 18.6. The number of carbonyl (C=O) groups excluding carboxylic acids is 2. The number of ketones is 2. The number of nitro benzene ring substituents is 2. The van der Waals surface area contributed by atoms with Crippen molar-refractivity contribution in [1.82, 2.24) is 0 Å². The van der Waals surface area contributed by atoms with Crippen molar-refractivity contribution >= 4 is 111 Å². The molecule has 0 aromatic heterocycles. The Bertz CT molecular complexity index is 3260. The molecular formula is C34H19ClN9Na3O16S3. The van der Waals surface area contributed by atoms with Crippen LogP contribution in [0.1, 0.15) is 15.9 Å². The number of nitro groups is 2. The first-order chi connectivity index (χ1) is 29.4. The minimum Gasteiger partial charge on any atom is -0.744 e. The second-order valence-electron chi connectivity index (χ2n) is 12.5. The molecule has 0 amide bonds. The average molecular weight is 1010 g/mol. The molecule has 4 aromatic carbocycles. The van der Waals surface area contributed by atoms with E-state index in [0.29, 0.717) is 30.4 Å². The van der Waals surface area contributed by atoms with Crippen molar-refractivity contribution in [3.05, 3.63) is 138 Å². The van der Waals surface area contributed by atoms with Gasteiger partial charge < -0.3 is 24.1 Å². The van der Waals surface area contributed by atoms with E-state index in [1.54, 1.807) is 0 Å². The van der Waals surface area contributed by atoms with E-state index in [1.165, 1.54) is 24.3 Å². The predicted octanol–water partition coefficient (Wildman–Crippen LogP) is -4.27. The molecule has 0 spiro atoms. The third-order valence-corrected chi connectivity index (χ3v) is 11.2. The number of Topliss-reactive ketones (excluding diaryl/α,β-unsaturated/α-hetero) is 1. The van der Waals surface area contributed by atoms with E-state index in [-0.39, 0.29) is 116 Å². The van der Waals surface area contributed by atoms with Crippen molar-refractivity contribution < 1.29 is 152 Å². The fraction of sp³-hybridized carbons (Fsp3) is 0. The summed E-state index contributed by atoms with van der Waals surface area (Å²) in [5, 5.41) is 50.2. The van der Waals surface area contributed by atoms with Gasteiger partial charge in [0, 0.05) is 42.1 Å². The number of rotatable bonds is 13. The van der Waals surface area contributed by atoms with Crippen molar-refractivity contribution in [2.45, 2.75) is 9.79 Å². The van der Waals surface area contributed by atoms with E-state index in [9.17, 15) is 73.8 Å². The summed E-state index contributed by atoms with van der Waals surface area (Å²) in [6.45, 7) is 0. The number of benzene rings is 4. The molecule has 25 nitrogen and oxygen atoms in total. The van der Waals surface area contributed by atoms with Gasteiger partial charge in [-0.2, -0.15) is 10.2 Å². The minimum absolute atomic E-state index is 0. The normalized spacial score (nSPS) is 15.0. The molecule has 66 heavy (non-hydrogen) atoms. The van der Waals surface area contributed by atoms with Gasteiger partial charge in [-0.25, -0.2) is 25.3 Å². The van der Waals surface area contributed by atoms with Gasteiger partial charge in [-0.05, 0) is 60.2 Å². The Balaban J connectivity index is 0.00000385. The Morgan fingerprint density at radius 1 is 0.652 bits per heavy atom. The monoisotopic (exact) mass is 1010 g/mol. The quantitative estimate of drug-likeness (QED) is 0.0246. The first kappa shape index (κ1) is 55.7. The Hall–Kier alpha value is -4.60. The third-order valence-electron chi connectivity index (χ3n) is 8.33. The van der Waals surface area contributed by atoms with Crippen LogP contribution in [0.4, 0.5) is 39.8 Å². The standard InChI is InChI=1S/C34H22ClN9O16S3.3Na/c35-22-11-19(43(48)49)5-7-23(22)38-42-33-31(63(58,59)60)10-16-9-21(61(52,53)54)13-27(32(16)34(33)47)41-40-26-14-25(28(45)15-29(26)46)39-37-18-3-1-17(2-4-18)36-24-8-6-20(44(50)51)12-30(24)62(55,56)57;;;/h1-15,36-38,46H,(H,52,53,54)(H,55,56,57)(H,58,59,60);;;/q;3*+1/p-3/b39-25-,41-40?,42-33-;;;. The van der Waals surface area contributed by atoms with Crippen LogP contribution in [0.15, 0.2) is 132 Å². The van der Waals surface area contributed by atoms with Crippen molar-refractivity contribution in [1.29, 1.82) is 0 Å². The van der Waals surface area contributed by atoms with Crippen LogP contribution in [0, 0.1) is 20.2 Å². The Morgan fingerprint density at radius 3 is 1.80 bits per heavy atom. The minimum atomic E-state index is -5.58. The van der Waals surface area contributed by atoms with Crippen LogP contribution in [0.3, 0.4) is 0 Å². The van der Waals surface area contributed by atoms with Gasteiger partial charge >= 0.3 is 88.7 Å². The van der Waals surface area contributed by atoms with Crippen LogP contribution >= 0.6 is 11.6 Å². The molecule has 0 saturated carbocycles. The van der Waals surface area contributed by atoms with E-state index >= 15 is 0 Å². The summed E-state index contributed by atoms with van der Waals surface area (Å²) in [4.78, 5) is 43.8. The maximum atomic E-state index is 13.9. The number of hydrazone groups is 2. The zero-order chi connectivity index (χ0) is 46.2. The van der Waals surface area contributed by atoms with Gasteiger partial charge in [0.05, 0.1) is 57.9 Å². The number of halogens is 1. The summed E-state index contributed by atoms with van der Waals surface area (Å²) in [5.41, 5.74) is -0.430. The molecule has 0 atom stereocenters. The molecular weight excluding hydrogens is 991 g/mol. The van der Waals surface area contributed by atoms with E-state index < -0.39 is 118 Å². The number of nitrogens with zero attached hydrogens (tertiary/aromatic N) is 6. The molecule has 0 heterocycles. The number of anilines is 4. The maximum Gasteiger partial charge on any atom is 1.00 e. The molecule has 4 N–H and O–H groups in total. The molecule has 4 aromatic rings. The summed E-state index contributed by atoms with van der Waals surface area (Å²) in [6.07, 6.45) is 2.07. The fourth-order valence-corrected chi connectivity index (χ4v) is 7.48. The number of azo groups is 1. The molecule has 0 saturated heterocycles. The summed E-state index contributed by atoms with van der Waals surface area (Å²) in [6, 6.07) is 12.2. The zero-order valence-corrected chi connectivity index (χ0v) is 42.7. The first-order valence-corrected chi connectivity index (χ1v) is 21.2. The summed E-state index contributed by atoms with van der Waals surface area (Å²) < 4.78 is 108. The molecule has 0 unspecified atom stereocenters. The second-order valence-corrected chi connectivity index (χ2v) is 17.0. The second kappa shape index (κ2) is 22.0. The van der Waals surface area contributed by atoms with Crippen LogP contribution in [-0.2, 0) is 35.1 Å². The molecule has 2 aliphatic carbocycles. The number of hydrogen-bond donors (Lipinski definition) is 4. The topological polar surface area (TPSA) is 398 Å². The van der Waals surface area contributed by atoms with Crippen molar-refractivity contribution in [2.75, 3.05) is 16.2 Å². The number of non-ortho nitro benzene ring substituents is 2. The van der Waals surface area contributed by atoms with E-state index in [1.807, 2.05) is 0 Å². The van der Waals surface area contributed by atoms with Crippen LogP contribution in [-0.4, -0.2) is 76.9 Å². The number of allylic oxidation sites excluding steroid dienone is 3. The van der Waals surface area contributed by atoms with Crippen molar-refractivity contribution in [2.24, 2.45) is 20.4 Å². The number of aliphatic hydroxyl groups excluding tert-OH is 1. The van der Waals surface area contributed by atoms with Gasteiger partial charge in [-0.3, -0.25) is 40.7 Å². The zero-order valence-electron chi connectivity index (χ0n) is 33.5. The van der Waals surface area contributed by atoms with E-state index in [2.05, 4.69) is 36.6 Å². The SMILES string of the molecule is O=C1C=C(O)C(N=Nc2cc(S(=O)(=O)[O-])cc3c2C(=O)/C(=N\Nc2ccc([N+](=O)[O-])cc2Cl)C(S(=O)(=O)[O-])=C3)=C/C1=N/Nc1ccc(Nc2ccc([N+](=O)[O-])cc2S(=O)(=O)[O-])cc1.[Na+].[Na+].[Na+]. The largest absolute Gasteiger partial charge is 1.00 e. The van der Waals surface area contributed by atoms with Crippen molar-refractivity contribution in [3.8, 4) is 0 Å². The first-order valence-electron chi connectivity index (χ1n) is 16.6. The van der Waals surface area contributed by atoms with E-state index in [0.717, 1.165) is 36.4 Å². The van der Waals surface area contributed by atoms with Gasteiger partial charge in [0.25, 0.3) is 11.4 Å². The molecule has 0 aliphatic heterocycles. The number of aliphatic hydroxyl groups is 1. The van der Waals surface area contributed by atoms with Crippen LogP contribution in [0.5, 0.6) is 0 Å². The molecule has 324 valence electrons. The predicted molar refractivity (Wildman–Crippen MR) is 216 cm³/mol. The van der Waals surface area contributed by atoms with Gasteiger partial charge in [-0.15, -0.1) is 10.2 Å². The molecule has 0 bridgehead atoms. The van der Waals surface area contributed by atoms with Crippen molar-refractivity contribution in [3.63, 3.8) is 0 Å². The number of nitrogens with one attached hydrogen (secondary N) is 3. The van der Waals surface area contributed by atoms with Crippen LogP contribution in [0.2, 0.25) is 5.02 Å². The third kappa shape index (κ3) is 13.1. The van der Waals surface area contributed by atoms with Gasteiger partial charge in [0.1, 0.15) is 53.2 Å². The molecule has 32 heteroatoms.